The molecule has 1 saturated carbocycles. The summed E-state index contributed by atoms with van der Waals surface area (Å²) in [5.74, 6) is 0.758. The summed E-state index contributed by atoms with van der Waals surface area (Å²) in [4.78, 5) is 0. The summed E-state index contributed by atoms with van der Waals surface area (Å²) >= 11 is 7.59. The van der Waals surface area contributed by atoms with Crippen LogP contribution in [0.1, 0.15) is 25.7 Å². The summed E-state index contributed by atoms with van der Waals surface area (Å²) < 4.78 is 0. The Morgan fingerprint density at radius 3 is 2.86 bits per heavy atom. The molecule has 0 radical (unpaired) electrons. The molecule has 0 saturated heterocycles. The molecular formula is C9H14ClN3S. The highest BCUT2D eigenvalue weighted by molar-refractivity contribution is 7.13. The van der Waals surface area contributed by atoms with Crippen LogP contribution in [0.15, 0.2) is 5.51 Å². The number of hydrogen-bond acceptors (Lipinski definition) is 4. The van der Waals surface area contributed by atoms with Crippen LogP contribution in [0.4, 0.5) is 5.13 Å². The maximum Gasteiger partial charge on any atom is 0.205 e. The van der Waals surface area contributed by atoms with Crippen molar-refractivity contribution in [3.05, 3.63) is 5.51 Å². The van der Waals surface area contributed by atoms with Gasteiger partial charge < -0.3 is 5.32 Å². The van der Waals surface area contributed by atoms with Crippen LogP contribution in [0.2, 0.25) is 0 Å². The highest BCUT2D eigenvalue weighted by Gasteiger charge is 2.19. The molecule has 1 heterocycles. The average Bonchev–Trinajstić information content (AvgIpc) is 2.70. The number of aromatic nitrogens is 2. The van der Waals surface area contributed by atoms with Crippen molar-refractivity contribution in [1.29, 1.82) is 0 Å². The highest BCUT2D eigenvalue weighted by atomic mass is 35.5. The van der Waals surface area contributed by atoms with Gasteiger partial charge in [-0.15, -0.1) is 21.8 Å². The van der Waals surface area contributed by atoms with E-state index in [1.54, 1.807) is 16.8 Å². The van der Waals surface area contributed by atoms with E-state index in [1.807, 2.05) is 0 Å². The van der Waals surface area contributed by atoms with E-state index in [0.29, 0.717) is 5.38 Å². The molecule has 0 spiro atoms. The van der Waals surface area contributed by atoms with Gasteiger partial charge in [-0.1, -0.05) is 11.3 Å². The molecule has 1 fully saturated rings. The van der Waals surface area contributed by atoms with E-state index in [9.17, 15) is 0 Å². The predicted molar refractivity (Wildman–Crippen MR) is 60.0 cm³/mol. The SMILES string of the molecule is ClC1CCC(CNc2nncs2)CC1. The Labute approximate surface area is 92.9 Å². The average molecular weight is 232 g/mol. The van der Waals surface area contributed by atoms with Crippen LogP contribution in [0.3, 0.4) is 0 Å². The number of nitrogens with one attached hydrogen (secondary N) is 1. The lowest BCUT2D eigenvalue weighted by Crippen LogP contribution is -2.21. The van der Waals surface area contributed by atoms with Crippen LogP contribution in [0.5, 0.6) is 0 Å². The van der Waals surface area contributed by atoms with Crippen LogP contribution in [-0.4, -0.2) is 22.1 Å². The molecule has 3 nitrogen and oxygen atoms in total. The Hall–Kier alpha value is -0.350. The molecule has 1 aromatic heterocycles. The molecular weight excluding hydrogens is 218 g/mol. The summed E-state index contributed by atoms with van der Waals surface area (Å²) in [6.07, 6.45) is 4.79. The third-order valence-corrected chi connectivity index (χ3v) is 3.76. The van der Waals surface area contributed by atoms with Gasteiger partial charge in [-0.3, -0.25) is 0 Å². The molecule has 1 N–H and O–H groups in total. The zero-order valence-corrected chi connectivity index (χ0v) is 9.52. The quantitative estimate of drug-likeness (QED) is 0.813. The van der Waals surface area contributed by atoms with E-state index >= 15 is 0 Å². The molecule has 78 valence electrons. The first-order valence-corrected chi connectivity index (χ1v) is 6.30. The normalized spacial score (nSPS) is 27.5. The minimum Gasteiger partial charge on any atom is -0.360 e. The zero-order valence-electron chi connectivity index (χ0n) is 7.95. The van der Waals surface area contributed by atoms with E-state index < -0.39 is 0 Å². The first kappa shape index (κ1) is 10.2. The Bertz CT molecular complexity index is 257. The van der Waals surface area contributed by atoms with Gasteiger partial charge in [0, 0.05) is 11.9 Å². The second-order valence-electron chi connectivity index (χ2n) is 3.74. The van der Waals surface area contributed by atoms with Crippen molar-refractivity contribution in [3.63, 3.8) is 0 Å². The van der Waals surface area contributed by atoms with E-state index in [2.05, 4.69) is 15.5 Å². The molecule has 1 aliphatic rings. The number of hydrogen-bond donors (Lipinski definition) is 1. The molecule has 0 atom stereocenters. The predicted octanol–water partition coefficient (Wildman–Crippen LogP) is 2.75. The fourth-order valence-electron chi connectivity index (χ4n) is 1.81. The Morgan fingerprint density at radius 2 is 2.21 bits per heavy atom. The standard InChI is InChI=1S/C9H14ClN3S/c10-8-3-1-7(2-4-8)5-11-9-13-12-6-14-9/h6-8H,1-5H2,(H,11,13). The van der Waals surface area contributed by atoms with Gasteiger partial charge in [0.1, 0.15) is 5.51 Å². The van der Waals surface area contributed by atoms with Gasteiger partial charge in [-0.25, -0.2) is 0 Å². The van der Waals surface area contributed by atoms with Crippen molar-refractivity contribution in [1.82, 2.24) is 10.2 Å². The van der Waals surface area contributed by atoms with Gasteiger partial charge in [0.2, 0.25) is 5.13 Å². The van der Waals surface area contributed by atoms with Crippen molar-refractivity contribution in [2.45, 2.75) is 31.1 Å². The van der Waals surface area contributed by atoms with Crippen LogP contribution in [-0.2, 0) is 0 Å². The number of halogens is 1. The van der Waals surface area contributed by atoms with Crippen LogP contribution in [0.25, 0.3) is 0 Å². The molecule has 14 heavy (non-hydrogen) atoms. The van der Waals surface area contributed by atoms with Gasteiger partial charge in [0.25, 0.3) is 0 Å². The number of nitrogens with zero attached hydrogens (tertiary/aromatic N) is 2. The van der Waals surface area contributed by atoms with Crippen molar-refractivity contribution >= 4 is 28.1 Å². The van der Waals surface area contributed by atoms with Gasteiger partial charge in [-0.2, -0.15) is 0 Å². The van der Waals surface area contributed by atoms with Crippen LogP contribution in [0, 0.1) is 5.92 Å². The third-order valence-electron chi connectivity index (χ3n) is 2.68. The van der Waals surface area contributed by atoms with Crippen LogP contribution < -0.4 is 5.32 Å². The van der Waals surface area contributed by atoms with E-state index in [-0.39, 0.29) is 0 Å². The topological polar surface area (TPSA) is 37.8 Å². The second-order valence-corrected chi connectivity index (χ2v) is 5.19. The van der Waals surface area contributed by atoms with Gasteiger partial charge in [0.15, 0.2) is 0 Å². The van der Waals surface area contributed by atoms with Crippen molar-refractivity contribution in [3.8, 4) is 0 Å². The first-order valence-electron chi connectivity index (χ1n) is 4.98. The highest BCUT2D eigenvalue weighted by Crippen LogP contribution is 2.27. The molecule has 2 rings (SSSR count). The molecule has 0 bridgehead atoms. The third kappa shape index (κ3) is 2.82. The molecule has 1 aromatic rings. The Kier molecular flexibility index (Phi) is 3.59. The van der Waals surface area contributed by atoms with Gasteiger partial charge >= 0.3 is 0 Å². The lowest BCUT2D eigenvalue weighted by Gasteiger charge is -2.24. The fourth-order valence-corrected chi connectivity index (χ4v) is 2.51. The molecule has 5 heteroatoms. The molecule has 0 amide bonds. The molecule has 0 unspecified atom stereocenters. The van der Waals surface area contributed by atoms with Crippen LogP contribution >= 0.6 is 22.9 Å². The largest absolute Gasteiger partial charge is 0.360 e. The summed E-state index contributed by atoms with van der Waals surface area (Å²) in [5, 5.41) is 12.4. The van der Waals surface area contributed by atoms with Gasteiger partial charge in [-0.05, 0) is 31.6 Å². The number of alkyl halides is 1. The summed E-state index contributed by atoms with van der Waals surface area (Å²) in [6, 6.07) is 0. The minimum absolute atomic E-state index is 0.410. The van der Waals surface area contributed by atoms with Crippen molar-refractivity contribution in [2.24, 2.45) is 5.92 Å². The molecule has 1 aliphatic carbocycles. The fraction of sp³-hybridized carbons (Fsp3) is 0.778. The zero-order chi connectivity index (χ0) is 9.80. The summed E-state index contributed by atoms with van der Waals surface area (Å²) in [7, 11) is 0. The maximum absolute atomic E-state index is 6.04. The lowest BCUT2D eigenvalue weighted by atomic mass is 9.89. The number of anilines is 1. The van der Waals surface area contributed by atoms with E-state index in [1.165, 1.54) is 12.8 Å². The second kappa shape index (κ2) is 4.94. The smallest absolute Gasteiger partial charge is 0.205 e. The lowest BCUT2D eigenvalue weighted by molar-refractivity contribution is 0.378. The number of rotatable bonds is 3. The first-order chi connectivity index (χ1) is 6.84. The van der Waals surface area contributed by atoms with E-state index in [4.69, 9.17) is 11.6 Å². The maximum atomic E-state index is 6.04. The Balaban J connectivity index is 1.71. The van der Waals surface area contributed by atoms with Crippen molar-refractivity contribution < 1.29 is 0 Å². The van der Waals surface area contributed by atoms with Crippen molar-refractivity contribution in [2.75, 3.05) is 11.9 Å². The summed E-state index contributed by atoms with van der Waals surface area (Å²) in [5.41, 5.74) is 1.75. The Morgan fingerprint density at radius 1 is 1.43 bits per heavy atom. The monoisotopic (exact) mass is 231 g/mol. The minimum atomic E-state index is 0.410. The van der Waals surface area contributed by atoms with Gasteiger partial charge in [0.05, 0.1) is 0 Å². The molecule has 0 aliphatic heterocycles. The summed E-state index contributed by atoms with van der Waals surface area (Å²) in [6.45, 7) is 1.01. The molecule has 0 aromatic carbocycles. The van der Waals surface area contributed by atoms with E-state index in [0.717, 1.165) is 30.4 Å².